The highest BCUT2D eigenvalue weighted by Gasteiger charge is 2.72. The molecule has 0 saturated carbocycles. The predicted molar refractivity (Wildman–Crippen MR) is 101 cm³/mol. The van der Waals surface area contributed by atoms with Gasteiger partial charge in [-0.2, -0.15) is 13.2 Å². The Hall–Kier alpha value is -1.83. The lowest BCUT2D eigenvalue weighted by molar-refractivity contribution is -0.203. The standard InChI is InChI=1S/C19H25F3NO5P/c1-3-27-29(25,28-4-2)18(19(20,21)22)13-9-6-10-14-23(18)17(24)26-15-16-11-7-5-8-12-16/h5-8,10-12H,3-4,9,13-15H2,1-2H3. The Morgan fingerprint density at radius 3 is 2.31 bits per heavy atom. The third-order valence-corrected chi connectivity index (χ3v) is 7.31. The average Bonchev–Trinajstić information content (AvgIpc) is 2.91. The number of amides is 1. The Labute approximate surface area is 168 Å². The molecule has 1 aliphatic rings. The number of hydrogen-bond acceptors (Lipinski definition) is 5. The highest BCUT2D eigenvalue weighted by atomic mass is 31.2. The molecular formula is C19H25F3NO5P. The van der Waals surface area contributed by atoms with Crippen molar-refractivity contribution in [2.45, 2.75) is 44.8 Å². The maximum Gasteiger partial charge on any atom is 0.423 e. The van der Waals surface area contributed by atoms with Crippen LogP contribution in [0.25, 0.3) is 0 Å². The lowest BCUT2D eigenvalue weighted by Crippen LogP contribution is -2.60. The first-order chi connectivity index (χ1) is 13.7. The van der Waals surface area contributed by atoms with Gasteiger partial charge in [0.1, 0.15) is 6.61 Å². The van der Waals surface area contributed by atoms with Crippen LogP contribution in [0, 0.1) is 0 Å². The molecule has 1 aromatic carbocycles. The van der Waals surface area contributed by atoms with Gasteiger partial charge in [0.2, 0.25) is 5.28 Å². The fourth-order valence-electron chi connectivity index (χ4n) is 3.22. The van der Waals surface area contributed by atoms with Crippen LogP contribution in [-0.4, -0.2) is 42.2 Å². The summed E-state index contributed by atoms with van der Waals surface area (Å²) in [5.41, 5.74) is 0.613. The number of nitrogens with zero attached hydrogens (tertiary/aromatic N) is 1. The molecule has 10 heteroatoms. The lowest BCUT2D eigenvalue weighted by Gasteiger charge is -2.45. The van der Waals surface area contributed by atoms with Crippen molar-refractivity contribution in [1.29, 1.82) is 0 Å². The second kappa shape index (κ2) is 9.78. The lowest BCUT2D eigenvalue weighted by atomic mass is 10.1. The number of alkyl halides is 3. The van der Waals surface area contributed by atoms with E-state index in [4.69, 9.17) is 13.8 Å². The molecule has 0 bridgehead atoms. The van der Waals surface area contributed by atoms with Gasteiger partial charge in [0.15, 0.2) is 0 Å². The summed E-state index contributed by atoms with van der Waals surface area (Å²) in [5.74, 6) is 0. The Morgan fingerprint density at radius 2 is 1.76 bits per heavy atom. The number of rotatable bonds is 7. The van der Waals surface area contributed by atoms with E-state index in [-0.39, 0.29) is 26.2 Å². The summed E-state index contributed by atoms with van der Waals surface area (Å²) in [7, 11) is -4.82. The molecule has 0 fully saturated rings. The molecule has 1 amide bonds. The average molecular weight is 435 g/mol. The van der Waals surface area contributed by atoms with Crippen LogP contribution >= 0.6 is 7.60 Å². The van der Waals surface area contributed by atoms with Crippen molar-refractivity contribution >= 4 is 13.7 Å². The highest BCUT2D eigenvalue weighted by molar-refractivity contribution is 7.55. The van der Waals surface area contributed by atoms with Crippen LogP contribution in [0.15, 0.2) is 42.5 Å². The maximum atomic E-state index is 14.5. The summed E-state index contributed by atoms with van der Waals surface area (Å²) < 4.78 is 72.2. The van der Waals surface area contributed by atoms with Crippen LogP contribution in [0.3, 0.4) is 0 Å². The molecule has 6 nitrogen and oxygen atoms in total. The molecular weight excluding hydrogens is 410 g/mol. The molecule has 1 unspecified atom stereocenters. The highest BCUT2D eigenvalue weighted by Crippen LogP contribution is 2.69. The topological polar surface area (TPSA) is 65.1 Å². The van der Waals surface area contributed by atoms with Crippen LogP contribution in [-0.2, 0) is 25.0 Å². The van der Waals surface area contributed by atoms with E-state index in [0.29, 0.717) is 10.5 Å². The Morgan fingerprint density at radius 1 is 1.14 bits per heavy atom. The van der Waals surface area contributed by atoms with E-state index in [1.807, 2.05) is 0 Å². The number of carbonyl (C=O) groups excluding carboxylic acids is 1. The molecule has 0 N–H and O–H groups in total. The molecule has 0 spiro atoms. The monoisotopic (exact) mass is 435 g/mol. The maximum absolute atomic E-state index is 14.5. The SMILES string of the molecule is CCOP(=O)(OCC)C1(C(F)(F)F)CCC=CCN1C(=O)OCc1ccccc1. The zero-order valence-corrected chi connectivity index (χ0v) is 17.2. The second-order valence-corrected chi connectivity index (χ2v) is 8.56. The van der Waals surface area contributed by atoms with Gasteiger partial charge in [-0.15, -0.1) is 0 Å². The van der Waals surface area contributed by atoms with Gasteiger partial charge in [-0.1, -0.05) is 42.5 Å². The number of halogens is 3. The third kappa shape index (κ3) is 4.85. The van der Waals surface area contributed by atoms with Gasteiger partial charge in [-0.3, -0.25) is 9.46 Å². The van der Waals surface area contributed by atoms with Crippen molar-refractivity contribution in [3.8, 4) is 0 Å². The largest absolute Gasteiger partial charge is 0.445 e. The number of ether oxygens (including phenoxy) is 1. The van der Waals surface area contributed by atoms with Crippen LogP contribution in [0.2, 0.25) is 0 Å². The fraction of sp³-hybridized carbons (Fsp3) is 0.526. The number of allylic oxidation sites excluding steroid dienone is 1. The molecule has 1 aliphatic heterocycles. The van der Waals surface area contributed by atoms with E-state index in [2.05, 4.69) is 0 Å². The van der Waals surface area contributed by atoms with Gasteiger partial charge >= 0.3 is 19.9 Å². The van der Waals surface area contributed by atoms with Gasteiger partial charge in [0.25, 0.3) is 0 Å². The summed E-state index contributed by atoms with van der Waals surface area (Å²) in [6.07, 6.45) is -4.11. The Kier molecular flexibility index (Phi) is 7.91. The summed E-state index contributed by atoms with van der Waals surface area (Å²) >= 11 is 0. The van der Waals surface area contributed by atoms with E-state index in [1.54, 1.807) is 30.3 Å². The van der Waals surface area contributed by atoms with Crippen molar-refractivity contribution in [3.63, 3.8) is 0 Å². The zero-order valence-electron chi connectivity index (χ0n) is 16.4. The Bertz CT molecular complexity index is 746. The molecule has 1 atom stereocenters. The minimum absolute atomic E-state index is 0.0495. The van der Waals surface area contributed by atoms with Crippen LogP contribution in [0.1, 0.15) is 32.3 Å². The van der Waals surface area contributed by atoms with Crippen molar-refractivity contribution in [1.82, 2.24) is 4.90 Å². The molecule has 0 saturated heterocycles. The third-order valence-electron chi connectivity index (χ3n) is 4.49. The minimum Gasteiger partial charge on any atom is -0.445 e. The number of carbonyl (C=O) groups is 1. The van der Waals surface area contributed by atoms with E-state index in [9.17, 15) is 22.5 Å². The van der Waals surface area contributed by atoms with Crippen LogP contribution in [0.5, 0.6) is 0 Å². The van der Waals surface area contributed by atoms with Crippen LogP contribution in [0.4, 0.5) is 18.0 Å². The molecule has 1 aromatic rings. The smallest absolute Gasteiger partial charge is 0.423 e. The fourth-order valence-corrected chi connectivity index (χ4v) is 5.57. The molecule has 0 radical (unpaired) electrons. The number of benzene rings is 1. The van der Waals surface area contributed by atoms with Gasteiger partial charge in [0, 0.05) is 6.54 Å². The first kappa shape index (κ1) is 23.4. The first-order valence-corrected chi connectivity index (χ1v) is 10.9. The molecule has 162 valence electrons. The summed E-state index contributed by atoms with van der Waals surface area (Å²) in [4.78, 5) is 13.2. The van der Waals surface area contributed by atoms with Crippen molar-refractivity contribution in [2.75, 3.05) is 19.8 Å². The van der Waals surface area contributed by atoms with E-state index < -0.39 is 38.1 Å². The first-order valence-electron chi connectivity index (χ1n) is 9.31. The van der Waals surface area contributed by atoms with E-state index in [0.717, 1.165) is 0 Å². The van der Waals surface area contributed by atoms with E-state index >= 15 is 0 Å². The minimum atomic E-state index is -5.08. The van der Waals surface area contributed by atoms with Gasteiger partial charge in [-0.05, 0) is 32.3 Å². The van der Waals surface area contributed by atoms with Crippen molar-refractivity contribution in [3.05, 3.63) is 48.0 Å². The van der Waals surface area contributed by atoms with Gasteiger partial charge < -0.3 is 13.8 Å². The molecule has 1 heterocycles. The van der Waals surface area contributed by atoms with Crippen molar-refractivity contribution < 1.29 is 36.3 Å². The summed E-state index contributed by atoms with van der Waals surface area (Å²) in [6.45, 7) is 1.65. The van der Waals surface area contributed by atoms with E-state index in [1.165, 1.54) is 26.0 Å². The van der Waals surface area contributed by atoms with Crippen LogP contribution < -0.4 is 0 Å². The van der Waals surface area contributed by atoms with Gasteiger partial charge in [0.05, 0.1) is 13.2 Å². The molecule has 0 aromatic heterocycles. The second-order valence-electron chi connectivity index (χ2n) is 6.31. The molecule has 0 aliphatic carbocycles. The predicted octanol–water partition coefficient (Wildman–Crippen LogP) is 5.50. The molecule has 29 heavy (non-hydrogen) atoms. The van der Waals surface area contributed by atoms with Gasteiger partial charge in [-0.25, -0.2) is 4.79 Å². The zero-order chi connectivity index (χ0) is 21.5. The quantitative estimate of drug-likeness (QED) is 0.418. The summed E-state index contributed by atoms with van der Waals surface area (Å²) in [6, 6.07) is 8.56. The summed E-state index contributed by atoms with van der Waals surface area (Å²) in [5, 5.41) is -3.15. The normalized spacial score (nSPS) is 20.4. The molecule has 2 rings (SSSR count). The van der Waals surface area contributed by atoms with Crippen molar-refractivity contribution in [2.24, 2.45) is 0 Å². The Balaban J connectivity index is 2.47. The number of hydrogen-bond donors (Lipinski definition) is 0.